The summed E-state index contributed by atoms with van der Waals surface area (Å²) in [6.07, 6.45) is 6.42. The molecule has 1 amide bonds. The summed E-state index contributed by atoms with van der Waals surface area (Å²) < 4.78 is 5.59. The first kappa shape index (κ1) is 15.6. The third kappa shape index (κ3) is 3.06. The number of piperidine rings is 1. The lowest BCUT2D eigenvalue weighted by Crippen LogP contribution is -2.52. The van der Waals surface area contributed by atoms with Gasteiger partial charge in [0.05, 0.1) is 0 Å². The molecule has 0 radical (unpaired) electrons. The van der Waals surface area contributed by atoms with E-state index in [-0.39, 0.29) is 12.1 Å². The van der Waals surface area contributed by atoms with Crippen LogP contribution in [0.3, 0.4) is 0 Å². The van der Waals surface area contributed by atoms with Crippen molar-refractivity contribution in [3.05, 3.63) is 11.1 Å². The molecule has 1 aliphatic heterocycles. The second kappa shape index (κ2) is 5.71. The summed E-state index contributed by atoms with van der Waals surface area (Å²) in [5.41, 5.74) is 1.95. The highest BCUT2D eigenvalue weighted by Gasteiger charge is 2.41. The molecule has 2 atom stereocenters. The standard InChI is InChI=1S/C18H27NO3/c1-18(2,3)22-17(21)19-9-5-7-13-10-14-12(11-15(13)19)6-4-8-16(14)20/h13,15H,4-11H2,1-3H3. The predicted octanol–water partition coefficient (Wildman–Crippen LogP) is 3.85. The molecule has 0 aromatic heterocycles. The van der Waals surface area contributed by atoms with Crippen LogP contribution in [-0.2, 0) is 9.53 Å². The number of allylic oxidation sites excluding steroid dienone is 1. The molecule has 1 fully saturated rings. The molecule has 0 aromatic carbocycles. The quantitative estimate of drug-likeness (QED) is 0.683. The van der Waals surface area contributed by atoms with Gasteiger partial charge in [-0.2, -0.15) is 0 Å². The number of nitrogens with zero attached hydrogens (tertiary/aromatic N) is 1. The first-order valence-electron chi connectivity index (χ1n) is 8.59. The van der Waals surface area contributed by atoms with Gasteiger partial charge in [-0.3, -0.25) is 4.79 Å². The van der Waals surface area contributed by atoms with Crippen molar-refractivity contribution in [2.75, 3.05) is 6.54 Å². The van der Waals surface area contributed by atoms with Gasteiger partial charge in [0.2, 0.25) is 0 Å². The van der Waals surface area contributed by atoms with Crippen molar-refractivity contribution < 1.29 is 14.3 Å². The summed E-state index contributed by atoms with van der Waals surface area (Å²) in [7, 11) is 0. The fourth-order valence-corrected chi connectivity index (χ4v) is 4.16. The lowest BCUT2D eigenvalue weighted by Gasteiger charge is -2.45. The lowest BCUT2D eigenvalue weighted by atomic mass is 9.71. The zero-order valence-electron chi connectivity index (χ0n) is 14.0. The predicted molar refractivity (Wildman–Crippen MR) is 84.6 cm³/mol. The van der Waals surface area contributed by atoms with Gasteiger partial charge in [-0.15, -0.1) is 0 Å². The van der Waals surface area contributed by atoms with E-state index in [1.807, 2.05) is 25.7 Å². The minimum atomic E-state index is -0.454. The van der Waals surface area contributed by atoms with E-state index in [1.165, 1.54) is 5.57 Å². The molecular weight excluding hydrogens is 278 g/mol. The summed E-state index contributed by atoms with van der Waals surface area (Å²) in [5.74, 6) is 0.788. The number of rotatable bonds is 0. The Bertz CT molecular complexity index is 515. The van der Waals surface area contributed by atoms with Crippen molar-refractivity contribution in [2.45, 2.75) is 77.4 Å². The maximum atomic E-state index is 12.5. The summed E-state index contributed by atoms with van der Waals surface area (Å²) in [5, 5.41) is 0. The summed E-state index contributed by atoms with van der Waals surface area (Å²) in [6, 6.07) is 0.230. The van der Waals surface area contributed by atoms with Crippen LogP contribution in [0.2, 0.25) is 0 Å². The number of hydrogen-bond acceptors (Lipinski definition) is 3. The number of carbonyl (C=O) groups excluding carboxylic acids is 2. The highest BCUT2D eigenvalue weighted by molar-refractivity contribution is 5.97. The number of Topliss-reactive ketones (excluding diaryl/α,β-unsaturated/α-hetero) is 1. The van der Waals surface area contributed by atoms with Crippen LogP contribution < -0.4 is 0 Å². The molecule has 0 saturated carbocycles. The second-order valence-electron chi connectivity index (χ2n) is 7.91. The van der Waals surface area contributed by atoms with Crippen LogP contribution in [0.25, 0.3) is 0 Å². The molecule has 1 heterocycles. The monoisotopic (exact) mass is 305 g/mol. The Hall–Kier alpha value is -1.32. The van der Waals surface area contributed by atoms with Gasteiger partial charge in [-0.1, -0.05) is 5.57 Å². The molecule has 2 unspecified atom stereocenters. The van der Waals surface area contributed by atoms with Crippen molar-refractivity contribution in [1.82, 2.24) is 4.90 Å². The second-order valence-corrected chi connectivity index (χ2v) is 7.91. The Morgan fingerprint density at radius 3 is 2.68 bits per heavy atom. The first-order valence-corrected chi connectivity index (χ1v) is 8.59. The molecule has 0 spiro atoms. The van der Waals surface area contributed by atoms with Gasteiger partial charge in [0.25, 0.3) is 0 Å². The van der Waals surface area contributed by atoms with Crippen molar-refractivity contribution in [3.63, 3.8) is 0 Å². The van der Waals surface area contributed by atoms with Crippen LogP contribution in [0.1, 0.15) is 65.7 Å². The Morgan fingerprint density at radius 2 is 1.95 bits per heavy atom. The molecule has 3 rings (SSSR count). The van der Waals surface area contributed by atoms with Crippen LogP contribution in [-0.4, -0.2) is 35.0 Å². The van der Waals surface area contributed by atoms with Gasteiger partial charge >= 0.3 is 6.09 Å². The number of fused-ring (bicyclic) bond motifs is 1. The molecule has 2 aliphatic carbocycles. The average Bonchev–Trinajstić information content (AvgIpc) is 2.43. The van der Waals surface area contributed by atoms with Gasteiger partial charge in [0, 0.05) is 19.0 Å². The molecular formula is C18H27NO3. The third-order valence-corrected chi connectivity index (χ3v) is 5.11. The normalized spacial score (nSPS) is 29.0. The van der Waals surface area contributed by atoms with Gasteiger partial charge in [-0.25, -0.2) is 4.79 Å². The van der Waals surface area contributed by atoms with Crippen LogP contribution in [0.4, 0.5) is 4.79 Å². The SMILES string of the molecule is CC(C)(C)OC(=O)N1CCCC2CC3=C(CCCC3=O)CC21. The Balaban J connectivity index is 1.79. The Labute approximate surface area is 132 Å². The van der Waals surface area contributed by atoms with Gasteiger partial charge < -0.3 is 9.64 Å². The van der Waals surface area contributed by atoms with Crippen LogP contribution >= 0.6 is 0 Å². The average molecular weight is 305 g/mol. The largest absolute Gasteiger partial charge is 0.444 e. The number of ketones is 1. The smallest absolute Gasteiger partial charge is 0.410 e. The summed E-state index contributed by atoms with van der Waals surface area (Å²) in [6.45, 7) is 6.52. The molecule has 0 N–H and O–H groups in total. The maximum absolute atomic E-state index is 12.5. The van der Waals surface area contributed by atoms with E-state index in [0.717, 1.165) is 50.6 Å². The van der Waals surface area contributed by atoms with E-state index >= 15 is 0 Å². The molecule has 22 heavy (non-hydrogen) atoms. The maximum Gasteiger partial charge on any atom is 0.410 e. The van der Waals surface area contributed by atoms with Crippen molar-refractivity contribution in [2.24, 2.45) is 5.92 Å². The van der Waals surface area contributed by atoms with Gasteiger partial charge in [-0.05, 0) is 70.8 Å². The third-order valence-electron chi connectivity index (χ3n) is 5.11. The molecule has 0 aromatic rings. The number of ether oxygens (including phenoxy) is 1. The van der Waals surface area contributed by atoms with Crippen LogP contribution in [0, 0.1) is 5.92 Å². The molecule has 0 bridgehead atoms. The van der Waals surface area contributed by atoms with Crippen molar-refractivity contribution in [1.29, 1.82) is 0 Å². The number of likely N-dealkylation sites (tertiary alicyclic amines) is 1. The van der Waals surface area contributed by atoms with E-state index in [1.54, 1.807) is 0 Å². The minimum Gasteiger partial charge on any atom is -0.444 e. The van der Waals surface area contributed by atoms with Crippen molar-refractivity contribution >= 4 is 11.9 Å². The summed E-state index contributed by atoms with van der Waals surface area (Å²) in [4.78, 5) is 26.6. The summed E-state index contributed by atoms with van der Waals surface area (Å²) >= 11 is 0. The zero-order chi connectivity index (χ0) is 15.9. The zero-order valence-corrected chi connectivity index (χ0v) is 14.0. The van der Waals surface area contributed by atoms with E-state index < -0.39 is 5.60 Å². The topological polar surface area (TPSA) is 46.6 Å². The molecule has 1 saturated heterocycles. The minimum absolute atomic E-state index is 0.187. The Morgan fingerprint density at radius 1 is 1.18 bits per heavy atom. The van der Waals surface area contributed by atoms with Gasteiger partial charge in [0.15, 0.2) is 5.78 Å². The van der Waals surface area contributed by atoms with E-state index in [0.29, 0.717) is 18.1 Å². The van der Waals surface area contributed by atoms with Crippen LogP contribution in [0.15, 0.2) is 11.1 Å². The highest BCUT2D eigenvalue weighted by atomic mass is 16.6. The lowest BCUT2D eigenvalue weighted by molar-refractivity contribution is -0.116. The van der Waals surface area contributed by atoms with Crippen LogP contribution in [0.5, 0.6) is 0 Å². The number of amides is 1. The van der Waals surface area contributed by atoms with E-state index in [4.69, 9.17) is 4.74 Å². The molecule has 4 nitrogen and oxygen atoms in total. The number of carbonyl (C=O) groups is 2. The Kier molecular flexibility index (Phi) is 4.04. The number of hydrogen-bond donors (Lipinski definition) is 0. The van der Waals surface area contributed by atoms with E-state index in [2.05, 4.69) is 0 Å². The fraction of sp³-hybridized carbons (Fsp3) is 0.778. The highest BCUT2D eigenvalue weighted by Crippen LogP contribution is 2.42. The molecule has 3 aliphatic rings. The molecule has 4 heteroatoms. The fourth-order valence-electron chi connectivity index (χ4n) is 4.16. The van der Waals surface area contributed by atoms with Gasteiger partial charge in [0.1, 0.15) is 5.60 Å². The first-order chi connectivity index (χ1) is 10.3. The molecule has 122 valence electrons. The van der Waals surface area contributed by atoms with E-state index in [9.17, 15) is 9.59 Å². The van der Waals surface area contributed by atoms with Crippen molar-refractivity contribution in [3.8, 4) is 0 Å².